The minimum atomic E-state index is 1.23. The van der Waals surface area contributed by atoms with Crippen molar-refractivity contribution in [2.24, 2.45) is 0 Å². The van der Waals surface area contributed by atoms with Crippen LogP contribution >= 0.6 is 0 Å². The highest BCUT2D eigenvalue weighted by Gasteiger charge is 2.03. The van der Waals surface area contributed by atoms with E-state index in [-0.39, 0.29) is 0 Å². The van der Waals surface area contributed by atoms with Gasteiger partial charge in [-0.2, -0.15) is 0 Å². The molecule has 0 aliphatic heterocycles. The first-order chi connectivity index (χ1) is 4.84. The van der Waals surface area contributed by atoms with Gasteiger partial charge in [0.1, 0.15) is 0 Å². The van der Waals surface area contributed by atoms with Crippen LogP contribution in [-0.4, -0.2) is 0 Å². The molecule has 0 aromatic heterocycles. The van der Waals surface area contributed by atoms with Gasteiger partial charge in [0, 0.05) is 0 Å². The minimum Gasteiger partial charge on any atom is -0.125 e. The van der Waals surface area contributed by atoms with Crippen molar-refractivity contribution in [2.45, 2.75) is 32.6 Å². The lowest BCUT2D eigenvalue weighted by molar-refractivity contribution is 0.706. The summed E-state index contributed by atoms with van der Waals surface area (Å²) in [6.45, 7) is 5.72. The first-order valence-electron chi connectivity index (χ1n) is 3.90. The van der Waals surface area contributed by atoms with E-state index in [9.17, 15) is 0 Å². The molecule has 0 heterocycles. The molecule has 0 aromatic carbocycles. The number of allylic oxidation sites excluding steroid dienone is 3. The van der Waals surface area contributed by atoms with Crippen LogP contribution in [0.4, 0.5) is 0 Å². The zero-order chi connectivity index (χ0) is 7.40. The smallest absolute Gasteiger partial charge is 0.00688 e. The van der Waals surface area contributed by atoms with Gasteiger partial charge in [0.05, 0.1) is 0 Å². The lowest BCUT2D eigenvalue weighted by Crippen LogP contribution is -1.91. The second-order valence-electron chi connectivity index (χ2n) is 2.78. The van der Waals surface area contributed by atoms with E-state index in [0.717, 1.165) is 0 Å². The first kappa shape index (κ1) is 7.37. The molecule has 0 saturated heterocycles. The Hall–Kier alpha value is -0.740. The molecule has 0 amide bonds. The van der Waals surface area contributed by atoms with Crippen LogP contribution in [0.15, 0.2) is 29.5 Å². The van der Waals surface area contributed by atoms with Crippen molar-refractivity contribution in [3.05, 3.63) is 29.5 Å². The van der Waals surface area contributed by atoms with Crippen LogP contribution < -0.4 is 0 Å². The topological polar surface area (TPSA) is 0 Å². The third-order valence-corrected chi connectivity index (χ3v) is 2.04. The second kappa shape index (κ2) is 3.43. The normalized spacial score (nSPS) is 17.5. The van der Waals surface area contributed by atoms with E-state index in [4.69, 9.17) is 0 Å². The Bertz CT molecular complexity index is 190. The molecule has 0 heteroatoms. The van der Waals surface area contributed by atoms with Crippen LogP contribution in [0.1, 0.15) is 32.6 Å². The van der Waals surface area contributed by atoms with Crippen LogP contribution in [0, 0.1) is 0 Å². The number of hydrogen-bond donors (Lipinski definition) is 0. The Morgan fingerprint density at radius 1 is 1.60 bits per heavy atom. The summed E-state index contributed by atoms with van der Waals surface area (Å²) in [5.74, 6) is 0. The fourth-order valence-electron chi connectivity index (χ4n) is 1.29. The van der Waals surface area contributed by atoms with Crippen molar-refractivity contribution >= 4 is 0 Å². The summed E-state index contributed by atoms with van der Waals surface area (Å²) in [4.78, 5) is 0. The summed E-state index contributed by atoms with van der Waals surface area (Å²) in [5.41, 5.74) is 5.63. The average Bonchev–Trinajstić information content (AvgIpc) is 2.05. The molecule has 0 bridgehead atoms. The molecule has 0 aromatic rings. The maximum Gasteiger partial charge on any atom is -0.00688 e. The van der Waals surface area contributed by atoms with Gasteiger partial charge in [-0.25, -0.2) is 0 Å². The number of rotatable bonds is 1. The second-order valence-corrected chi connectivity index (χ2v) is 2.78. The van der Waals surface area contributed by atoms with E-state index < -0.39 is 0 Å². The zero-order valence-electron chi connectivity index (χ0n) is 6.61. The van der Waals surface area contributed by atoms with Gasteiger partial charge in [0.2, 0.25) is 0 Å². The Kier molecular flexibility index (Phi) is 2.53. The van der Waals surface area contributed by atoms with Crippen LogP contribution in [0.25, 0.3) is 0 Å². The Balaban J connectivity index is 2.71. The van der Waals surface area contributed by atoms with Crippen LogP contribution in [0.5, 0.6) is 0 Å². The van der Waals surface area contributed by atoms with Crippen LogP contribution in [0.3, 0.4) is 0 Å². The molecule has 0 spiro atoms. The molecule has 0 radical (unpaired) electrons. The monoisotopic (exact) mass is 134 g/mol. The Labute approximate surface area is 62.9 Å². The van der Waals surface area contributed by atoms with Crippen molar-refractivity contribution in [2.75, 3.05) is 0 Å². The zero-order valence-corrected chi connectivity index (χ0v) is 6.61. The van der Waals surface area contributed by atoms with Crippen molar-refractivity contribution in [3.63, 3.8) is 0 Å². The van der Waals surface area contributed by atoms with Gasteiger partial charge in [0.15, 0.2) is 0 Å². The largest absolute Gasteiger partial charge is 0.125 e. The van der Waals surface area contributed by atoms with E-state index in [1.165, 1.54) is 36.8 Å². The van der Waals surface area contributed by atoms with Crippen LogP contribution in [0.2, 0.25) is 0 Å². The molecule has 0 nitrogen and oxygen atoms in total. The molecule has 0 N–H and O–H groups in total. The first-order valence-corrected chi connectivity index (χ1v) is 3.90. The van der Waals surface area contributed by atoms with Gasteiger partial charge in [-0.3, -0.25) is 0 Å². The van der Waals surface area contributed by atoms with Crippen LogP contribution in [-0.2, 0) is 0 Å². The molecule has 0 saturated carbocycles. The maximum absolute atomic E-state index is 3.63. The van der Waals surface area contributed by atoms with E-state index in [1.54, 1.807) is 0 Å². The number of hydrogen-bond acceptors (Lipinski definition) is 0. The van der Waals surface area contributed by atoms with Crippen molar-refractivity contribution in [1.29, 1.82) is 0 Å². The highest BCUT2D eigenvalue weighted by Crippen LogP contribution is 2.22. The Morgan fingerprint density at radius 3 is 2.90 bits per heavy atom. The summed E-state index contributed by atoms with van der Waals surface area (Å²) < 4.78 is 0. The van der Waals surface area contributed by atoms with Gasteiger partial charge >= 0.3 is 0 Å². The maximum atomic E-state index is 3.63. The predicted octanol–water partition coefficient (Wildman–Crippen LogP) is 3.22. The summed E-state index contributed by atoms with van der Waals surface area (Å²) in [5, 5.41) is 0. The van der Waals surface area contributed by atoms with Crippen molar-refractivity contribution in [1.82, 2.24) is 0 Å². The molecular formula is C10H14. The van der Waals surface area contributed by atoms with E-state index in [1.807, 2.05) is 0 Å². The van der Waals surface area contributed by atoms with E-state index in [0.29, 0.717) is 0 Å². The molecular weight excluding hydrogens is 120 g/mol. The Morgan fingerprint density at radius 2 is 2.40 bits per heavy atom. The molecule has 0 unspecified atom stereocenters. The molecule has 54 valence electrons. The fourth-order valence-corrected chi connectivity index (χ4v) is 1.29. The summed E-state index contributed by atoms with van der Waals surface area (Å²) in [6, 6.07) is 0. The average molecular weight is 134 g/mol. The highest BCUT2D eigenvalue weighted by molar-refractivity contribution is 5.28. The van der Waals surface area contributed by atoms with Gasteiger partial charge in [-0.05, 0) is 43.8 Å². The van der Waals surface area contributed by atoms with Gasteiger partial charge in [0.25, 0.3) is 0 Å². The standard InChI is InChI=1S/C10H14/c1-3-9(2)10-7-5-4-6-8-10/h7H,1,4-6,8H2,2H3. The molecule has 0 fully saturated rings. The van der Waals surface area contributed by atoms with Gasteiger partial charge in [-0.15, -0.1) is 5.73 Å². The van der Waals surface area contributed by atoms with Gasteiger partial charge < -0.3 is 0 Å². The van der Waals surface area contributed by atoms with E-state index in [2.05, 4.69) is 25.3 Å². The molecule has 0 atom stereocenters. The third-order valence-electron chi connectivity index (χ3n) is 2.04. The highest BCUT2D eigenvalue weighted by atomic mass is 14.1. The fraction of sp³-hybridized carbons (Fsp3) is 0.500. The summed E-state index contributed by atoms with van der Waals surface area (Å²) in [7, 11) is 0. The minimum absolute atomic E-state index is 1.23. The molecule has 10 heavy (non-hydrogen) atoms. The van der Waals surface area contributed by atoms with Gasteiger partial charge in [-0.1, -0.05) is 12.7 Å². The summed E-state index contributed by atoms with van der Waals surface area (Å²) in [6.07, 6.45) is 7.48. The molecule has 1 rings (SSSR count). The SMILES string of the molecule is C=C=C(C)C1=CCCCC1. The van der Waals surface area contributed by atoms with Crippen molar-refractivity contribution < 1.29 is 0 Å². The molecule has 1 aliphatic carbocycles. The summed E-state index contributed by atoms with van der Waals surface area (Å²) >= 11 is 0. The molecule has 1 aliphatic rings. The lowest BCUT2D eigenvalue weighted by Gasteiger charge is -2.10. The van der Waals surface area contributed by atoms with Crippen molar-refractivity contribution in [3.8, 4) is 0 Å². The lowest BCUT2D eigenvalue weighted by atomic mass is 9.95. The third kappa shape index (κ3) is 1.62. The predicted molar refractivity (Wildman–Crippen MR) is 44.9 cm³/mol. The quantitative estimate of drug-likeness (QED) is 0.483. The van der Waals surface area contributed by atoms with E-state index >= 15 is 0 Å².